The number of hydrogen-bond donors (Lipinski definition) is 2. The molecule has 104 valence electrons. The molecule has 0 spiro atoms. The molecule has 8 heteroatoms. The van der Waals surface area contributed by atoms with Gasteiger partial charge in [-0.3, -0.25) is 14.5 Å². The zero-order valence-electron chi connectivity index (χ0n) is 10.5. The zero-order chi connectivity index (χ0) is 14.4. The lowest BCUT2D eigenvalue weighted by Gasteiger charge is -2.49. The van der Waals surface area contributed by atoms with Crippen molar-refractivity contribution >= 4 is 41.2 Å². The van der Waals surface area contributed by atoms with Gasteiger partial charge in [-0.25, -0.2) is 4.79 Å². The third-order valence-electron chi connectivity index (χ3n) is 3.22. The second kappa shape index (κ2) is 4.84. The Balaban J connectivity index is 2.60. The third kappa shape index (κ3) is 2.07. The summed E-state index contributed by atoms with van der Waals surface area (Å²) in [5.74, 6) is -1.43. The van der Waals surface area contributed by atoms with E-state index in [1.54, 1.807) is 6.26 Å². The molecule has 1 amide bonds. The van der Waals surface area contributed by atoms with E-state index in [1.807, 2.05) is 0 Å². The van der Waals surface area contributed by atoms with Crippen LogP contribution in [0.3, 0.4) is 0 Å². The number of carbonyl (C=O) groups is 3. The highest BCUT2D eigenvalue weighted by Crippen LogP contribution is 2.48. The van der Waals surface area contributed by atoms with E-state index in [1.165, 1.54) is 23.6 Å². The number of nitrogens with zero attached hydrogens (tertiary/aromatic N) is 1. The summed E-state index contributed by atoms with van der Waals surface area (Å²) in [6.07, 6.45) is 2.02. The van der Waals surface area contributed by atoms with Crippen molar-refractivity contribution in [1.29, 1.82) is 0 Å². The first-order valence-electron chi connectivity index (χ1n) is 5.58. The quantitative estimate of drug-likeness (QED) is 0.717. The van der Waals surface area contributed by atoms with Crippen LogP contribution in [-0.4, -0.2) is 49.9 Å². The molecule has 0 bridgehead atoms. The van der Waals surface area contributed by atoms with Gasteiger partial charge >= 0.3 is 5.97 Å². The summed E-state index contributed by atoms with van der Waals surface area (Å²) < 4.78 is 0. The molecule has 0 aromatic rings. The standard InChI is InChI=1S/C11H14N2O4S2/c1-5(14)11(12)6(4-18-2)9(10(16)17)13-7(15)3-8(13)19-11/h8H,3-4,12H2,1-2H3,(H,16,17)/t8-,11?/m1/s1. The van der Waals surface area contributed by atoms with Gasteiger partial charge in [0.1, 0.15) is 10.6 Å². The first-order chi connectivity index (χ1) is 8.82. The van der Waals surface area contributed by atoms with E-state index in [0.29, 0.717) is 11.3 Å². The summed E-state index contributed by atoms with van der Waals surface area (Å²) >= 11 is 2.54. The van der Waals surface area contributed by atoms with Gasteiger partial charge in [0.15, 0.2) is 5.78 Å². The van der Waals surface area contributed by atoms with Crippen LogP contribution in [0.15, 0.2) is 11.3 Å². The molecule has 0 aromatic heterocycles. The molecule has 19 heavy (non-hydrogen) atoms. The zero-order valence-corrected chi connectivity index (χ0v) is 12.1. The lowest BCUT2D eigenvalue weighted by Crippen LogP contribution is -2.62. The van der Waals surface area contributed by atoms with Crippen LogP contribution in [0.2, 0.25) is 0 Å². The van der Waals surface area contributed by atoms with E-state index in [9.17, 15) is 19.5 Å². The number of carboxylic acid groups (broad SMARTS) is 1. The molecule has 2 rings (SSSR count). The van der Waals surface area contributed by atoms with Gasteiger partial charge in [0, 0.05) is 11.3 Å². The summed E-state index contributed by atoms with van der Waals surface area (Å²) in [5, 5.41) is 9.00. The minimum atomic E-state index is -1.35. The van der Waals surface area contributed by atoms with E-state index in [-0.39, 0.29) is 29.2 Å². The minimum Gasteiger partial charge on any atom is -0.477 e. The van der Waals surface area contributed by atoms with Gasteiger partial charge in [-0.2, -0.15) is 11.8 Å². The Morgan fingerprint density at radius 3 is 2.68 bits per heavy atom. The van der Waals surface area contributed by atoms with E-state index >= 15 is 0 Å². The van der Waals surface area contributed by atoms with Crippen molar-refractivity contribution in [2.75, 3.05) is 12.0 Å². The van der Waals surface area contributed by atoms with Crippen molar-refractivity contribution in [1.82, 2.24) is 4.90 Å². The summed E-state index contributed by atoms with van der Waals surface area (Å²) in [4.78, 5) is 34.8. The molecule has 2 aliphatic rings. The molecule has 2 heterocycles. The van der Waals surface area contributed by atoms with Crippen LogP contribution < -0.4 is 5.73 Å². The van der Waals surface area contributed by atoms with Crippen molar-refractivity contribution < 1.29 is 19.5 Å². The molecule has 0 radical (unpaired) electrons. The Morgan fingerprint density at radius 2 is 2.26 bits per heavy atom. The largest absolute Gasteiger partial charge is 0.477 e. The predicted octanol–water partition coefficient (Wildman–Crippen LogP) is 0.237. The van der Waals surface area contributed by atoms with Gasteiger partial charge < -0.3 is 10.8 Å². The number of aliphatic carboxylic acids is 1. The highest BCUT2D eigenvalue weighted by atomic mass is 32.2. The van der Waals surface area contributed by atoms with E-state index < -0.39 is 10.8 Å². The average molecular weight is 302 g/mol. The van der Waals surface area contributed by atoms with Gasteiger partial charge in [0.2, 0.25) is 5.91 Å². The van der Waals surface area contributed by atoms with Gasteiger partial charge in [0.05, 0.1) is 11.8 Å². The Bertz CT molecular complexity index is 505. The van der Waals surface area contributed by atoms with Crippen molar-refractivity contribution in [2.45, 2.75) is 23.6 Å². The number of nitrogens with two attached hydrogens (primary N) is 1. The SMILES string of the molecule is CSCC1=C(C(=O)O)N2C(=O)C[C@H]2SC1(N)C(C)=O. The number of carboxylic acids is 1. The van der Waals surface area contributed by atoms with E-state index in [2.05, 4.69) is 0 Å². The van der Waals surface area contributed by atoms with Crippen molar-refractivity contribution in [3.63, 3.8) is 0 Å². The van der Waals surface area contributed by atoms with Gasteiger partial charge in [-0.05, 0) is 13.2 Å². The van der Waals surface area contributed by atoms with Crippen LogP contribution in [0.1, 0.15) is 13.3 Å². The topological polar surface area (TPSA) is 101 Å². The van der Waals surface area contributed by atoms with Crippen molar-refractivity contribution in [3.8, 4) is 0 Å². The Hall–Kier alpha value is -0.990. The van der Waals surface area contributed by atoms with Crippen molar-refractivity contribution in [3.05, 3.63) is 11.3 Å². The number of fused-ring (bicyclic) bond motifs is 1. The molecule has 0 aromatic carbocycles. The fourth-order valence-electron chi connectivity index (χ4n) is 2.20. The van der Waals surface area contributed by atoms with Crippen LogP contribution in [0, 0.1) is 0 Å². The minimum absolute atomic E-state index is 0.118. The maximum atomic E-state index is 11.8. The smallest absolute Gasteiger partial charge is 0.352 e. The molecule has 0 aliphatic carbocycles. The fraction of sp³-hybridized carbons (Fsp3) is 0.545. The molecule has 2 aliphatic heterocycles. The molecule has 6 nitrogen and oxygen atoms in total. The molecule has 1 unspecified atom stereocenters. The Labute approximate surface area is 118 Å². The normalized spacial score (nSPS) is 29.9. The van der Waals surface area contributed by atoms with Gasteiger partial charge in [0.25, 0.3) is 0 Å². The van der Waals surface area contributed by atoms with Crippen LogP contribution in [0.25, 0.3) is 0 Å². The highest BCUT2D eigenvalue weighted by molar-refractivity contribution is 8.02. The van der Waals surface area contributed by atoms with E-state index in [0.717, 1.165) is 11.8 Å². The number of carbonyl (C=O) groups excluding carboxylic acids is 2. The first-order valence-corrected chi connectivity index (χ1v) is 7.86. The predicted molar refractivity (Wildman–Crippen MR) is 73.5 cm³/mol. The number of ketones is 1. The average Bonchev–Trinajstić information content (AvgIpc) is 2.31. The van der Waals surface area contributed by atoms with Crippen LogP contribution in [-0.2, 0) is 14.4 Å². The first kappa shape index (κ1) is 14.4. The molecule has 3 N–H and O–H groups in total. The number of rotatable bonds is 4. The number of β-lactam (4-membered cyclic amide) rings is 1. The second-order valence-electron chi connectivity index (χ2n) is 4.40. The number of amides is 1. The molecule has 2 atom stereocenters. The van der Waals surface area contributed by atoms with E-state index in [4.69, 9.17) is 5.73 Å². The molecular formula is C11H14N2O4S2. The lowest BCUT2D eigenvalue weighted by molar-refractivity contribution is -0.146. The fourth-order valence-corrected chi connectivity index (χ4v) is 4.41. The summed E-state index contributed by atoms with van der Waals surface area (Å²) in [6, 6.07) is 0. The Morgan fingerprint density at radius 1 is 1.63 bits per heavy atom. The summed E-state index contributed by atoms with van der Waals surface area (Å²) in [6.45, 7) is 1.35. The number of thioether (sulfide) groups is 2. The molecule has 1 saturated heterocycles. The second-order valence-corrected chi connectivity index (χ2v) is 6.69. The molecular weight excluding hydrogens is 288 g/mol. The maximum absolute atomic E-state index is 11.8. The maximum Gasteiger partial charge on any atom is 0.352 e. The summed E-state index contributed by atoms with van der Waals surface area (Å²) in [5.41, 5.74) is 6.33. The van der Waals surface area contributed by atoms with Crippen molar-refractivity contribution in [2.24, 2.45) is 5.73 Å². The number of Topliss-reactive ketones (excluding diaryl/α,β-unsaturated/α-hetero) is 1. The van der Waals surface area contributed by atoms with Gasteiger partial charge in [-0.1, -0.05) is 0 Å². The lowest BCUT2D eigenvalue weighted by atomic mass is 9.99. The molecule has 1 fully saturated rings. The van der Waals surface area contributed by atoms with Crippen LogP contribution in [0.5, 0.6) is 0 Å². The Kier molecular flexibility index (Phi) is 3.67. The third-order valence-corrected chi connectivity index (χ3v) is 5.35. The van der Waals surface area contributed by atoms with Gasteiger partial charge in [-0.15, -0.1) is 11.8 Å². The van der Waals surface area contributed by atoms with Crippen LogP contribution >= 0.6 is 23.5 Å². The summed E-state index contributed by atoms with van der Waals surface area (Å²) in [7, 11) is 0. The highest BCUT2D eigenvalue weighted by Gasteiger charge is 2.54. The molecule has 0 saturated carbocycles. The van der Waals surface area contributed by atoms with Crippen LogP contribution in [0.4, 0.5) is 0 Å². The number of hydrogen-bond acceptors (Lipinski definition) is 6. The monoisotopic (exact) mass is 302 g/mol.